The van der Waals surface area contributed by atoms with Crippen LogP contribution in [0.3, 0.4) is 0 Å². The highest BCUT2D eigenvalue weighted by Crippen LogP contribution is 2.51. The summed E-state index contributed by atoms with van der Waals surface area (Å²) >= 11 is 6.01. The Kier molecular flexibility index (Phi) is 4.34. The van der Waals surface area contributed by atoms with Crippen molar-refractivity contribution in [2.75, 3.05) is 0 Å². The van der Waals surface area contributed by atoms with Gasteiger partial charge in [-0.15, -0.1) is 0 Å². The van der Waals surface area contributed by atoms with E-state index >= 15 is 0 Å². The molecule has 2 unspecified atom stereocenters. The Morgan fingerprint density at radius 2 is 1.96 bits per heavy atom. The molecular formula is C21H26ClN3O. The quantitative estimate of drug-likeness (QED) is 0.828. The summed E-state index contributed by atoms with van der Waals surface area (Å²) in [7, 11) is 0. The van der Waals surface area contributed by atoms with Crippen LogP contribution in [-0.4, -0.2) is 15.7 Å². The second-order valence-corrected chi connectivity index (χ2v) is 8.52. The third-order valence-electron chi connectivity index (χ3n) is 6.03. The monoisotopic (exact) mass is 371 g/mol. The molecule has 1 amide bonds. The van der Waals surface area contributed by atoms with Crippen LogP contribution in [0.15, 0.2) is 24.3 Å². The molecule has 138 valence electrons. The largest absolute Gasteiger partial charge is 0.346 e. The van der Waals surface area contributed by atoms with Crippen molar-refractivity contribution in [3.63, 3.8) is 0 Å². The minimum Gasteiger partial charge on any atom is -0.346 e. The van der Waals surface area contributed by atoms with Crippen molar-refractivity contribution in [3.8, 4) is 0 Å². The highest BCUT2D eigenvalue weighted by Gasteiger charge is 2.53. The molecule has 2 aliphatic carbocycles. The molecule has 0 radical (unpaired) electrons. The number of aryl methyl sites for hydroxylation is 1. The molecule has 1 aromatic heterocycles. The summed E-state index contributed by atoms with van der Waals surface area (Å²) in [5, 5.41) is 8.68. The maximum Gasteiger partial charge on any atom is 0.225 e. The lowest BCUT2D eigenvalue weighted by atomic mass is 10.0. The lowest BCUT2D eigenvalue weighted by Gasteiger charge is -2.20. The van der Waals surface area contributed by atoms with Crippen LogP contribution in [0.4, 0.5) is 0 Å². The van der Waals surface area contributed by atoms with Gasteiger partial charge < -0.3 is 5.32 Å². The van der Waals surface area contributed by atoms with Crippen LogP contribution < -0.4 is 5.32 Å². The van der Waals surface area contributed by atoms with Crippen molar-refractivity contribution in [1.29, 1.82) is 0 Å². The molecule has 1 aromatic carbocycles. The smallest absolute Gasteiger partial charge is 0.225 e. The maximum absolute atomic E-state index is 12.8. The first kappa shape index (κ1) is 17.6. The lowest BCUT2D eigenvalue weighted by Crippen LogP contribution is -2.37. The first-order chi connectivity index (χ1) is 12.4. The molecule has 26 heavy (non-hydrogen) atoms. The van der Waals surface area contributed by atoms with E-state index < -0.39 is 0 Å². The fourth-order valence-electron chi connectivity index (χ4n) is 3.99. The molecule has 0 aliphatic heterocycles. The van der Waals surface area contributed by atoms with E-state index in [0.29, 0.717) is 12.3 Å². The summed E-state index contributed by atoms with van der Waals surface area (Å²) in [5.41, 5.74) is 4.08. The number of halogens is 1. The fraction of sp³-hybridized carbons (Fsp3) is 0.524. The van der Waals surface area contributed by atoms with Crippen LogP contribution in [0.25, 0.3) is 0 Å². The Hall–Kier alpha value is -1.81. The number of benzene rings is 1. The fourth-order valence-corrected chi connectivity index (χ4v) is 4.11. The number of hydrogen-bond acceptors (Lipinski definition) is 2. The number of amides is 1. The summed E-state index contributed by atoms with van der Waals surface area (Å²) in [6.07, 6.45) is 3.97. The van der Waals surface area contributed by atoms with Crippen molar-refractivity contribution >= 4 is 17.5 Å². The molecular weight excluding hydrogens is 346 g/mol. The van der Waals surface area contributed by atoms with Crippen LogP contribution in [0.1, 0.15) is 48.7 Å². The van der Waals surface area contributed by atoms with Gasteiger partial charge in [-0.2, -0.15) is 5.10 Å². The van der Waals surface area contributed by atoms with E-state index in [9.17, 15) is 4.79 Å². The van der Waals surface area contributed by atoms with Gasteiger partial charge in [-0.25, -0.2) is 0 Å². The Bertz CT molecular complexity index is 838. The van der Waals surface area contributed by atoms with E-state index in [-0.39, 0.29) is 11.4 Å². The Morgan fingerprint density at radius 1 is 1.31 bits per heavy atom. The zero-order valence-corrected chi connectivity index (χ0v) is 16.4. The topological polar surface area (TPSA) is 46.9 Å². The SMILES string of the molecule is Cc1nn(CC2CC2)c(C)c1CC(=O)NC1(c2ccc(Cl)cc2)CC1C. The zero-order valence-electron chi connectivity index (χ0n) is 15.7. The van der Waals surface area contributed by atoms with Gasteiger partial charge in [0.1, 0.15) is 0 Å². The number of carbonyl (C=O) groups is 1. The van der Waals surface area contributed by atoms with Crippen molar-refractivity contribution in [2.24, 2.45) is 11.8 Å². The first-order valence-corrected chi connectivity index (χ1v) is 9.87. The van der Waals surface area contributed by atoms with Gasteiger partial charge in [-0.1, -0.05) is 30.7 Å². The van der Waals surface area contributed by atoms with E-state index in [1.807, 2.05) is 31.2 Å². The molecule has 2 aliphatic rings. The Morgan fingerprint density at radius 3 is 2.54 bits per heavy atom. The maximum atomic E-state index is 12.8. The highest BCUT2D eigenvalue weighted by molar-refractivity contribution is 6.30. The van der Waals surface area contributed by atoms with Crippen molar-refractivity contribution in [1.82, 2.24) is 15.1 Å². The van der Waals surface area contributed by atoms with Gasteiger partial charge in [0, 0.05) is 22.8 Å². The summed E-state index contributed by atoms with van der Waals surface area (Å²) in [6.45, 7) is 7.26. The third-order valence-corrected chi connectivity index (χ3v) is 6.28. The Balaban J connectivity index is 1.48. The third kappa shape index (κ3) is 3.27. The minimum absolute atomic E-state index is 0.0708. The van der Waals surface area contributed by atoms with Crippen LogP contribution in [-0.2, 0) is 23.3 Å². The number of carbonyl (C=O) groups excluding carboxylic acids is 1. The predicted molar refractivity (Wildman–Crippen MR) is 103 cm³/mol. The summed E-state index contributed by atoms with van der Waals surface area (Å²) in [4.78, 5) is 12.8. The van der Waals surface area contributed by atoms with Gasteiger partial charge in [0.05, 0.1) is 17.7 Å². The molecule has 2 saturated carbocycles. The molecule has 2 fully saturated rings. The van der Waals surface area contributed by atoms with Crippen molar-refractivity contribution in [2.45, 2.75) is 58.5 Å². The number of aromatic nitrogens is 2. The molecule has 1 heterocycles. The van der Waals surface area contributed by atoms with Crippen LogP contribution in [0.5, 0.6) is 0 Å². The molecule has 5 heteroatoms. The highest BCUT2D eigenvalue weighted by atomic mass is 35.5. The normalized spacial score (nSPS) is 24.5. The van der Waals surface area contributed by atoms with E-state index in [1.54, 1.807) is 0 Å². The molecule has 1 N–H and O–H groups in total. The first-order valence-electron chi connectivity index (χ1n) is 9.49. The molecule has 0 saturated heterocycles. The summed E-state index contributed by atoms with van der Waals surface area (Å²) in [5.74, 6) is 1.28. The molecule has 0 spiro atoms. The van der Waals surface area contributed by atoms with Gasteiger partial charge in [0.2, 0.25) is 5.91 Å². The second-order valence-electron chi connectivity index (χ2n) is 8.08. The molecule has 4 rings (SSSR count). The van der Waals surface area contributed by atoms with E-state index in [4.69, 9.17) is 11.6 Å². The van der Waals surface area contributed by atoms with Crippen molar-refractivity contribution < 1.29 is 4.79 Å². The van der Waals surface area contributed by atoms with Crippen LogP contribution in [0, 0.1) is 25.7 Å². The second kappa shape index (κ2) is 6.41. The summed E-state index contributed by atoms with van der Waals surface area (Å²) < 4.78 is 2.09. The van der Waals surface area contributed by atoms with E-state index in [2.05, 4.69) is 28.9 Å². The Labute approximate surface area is 159 Å². The molecule has 2 aromatic rings. The average Bonchev–Trinajstić information content (AvgIpc) is 3.49. The minimum atomic E-state index is -0.243. The standard InChI is InChI=1S/C21H26ClN3O/c1-13-11-21(13,17-6-8-18(22)9-7-17)23-20(26)10-19-14(2)24-25(15(19)3)12-16-4-5-16/h6-9,13,16H,4-5,10-12H2,1-3H3,(H,23,26). The van der Waals surface area contributed by atoms with Gasteiger partial charge in [0.25, 0.3) is 0 Å². The van der Waals surface area contributed by atoms with E-state index in [0.717, 1.165) is 46.4 Å². The molecule has 4 nitrogen and oxygen atoms in total. The zero-order chi connectivity index (χ0) is 18.5. The van der Waals surface area contributed by atoms with Gasteiger partial charge in [-0.3, -0.25) is 9.48 Å². The van der Waals surface area contributed by atoms with Gasteiger partial charge in [-0.05, 0) is 62.6 Å². The van der Waals surface area contributed by atoms with Gasteiger partial charge in [0.15, 0.2) is 0 Å². The predicted octanol–water partition coefficient (Wildman–Crippen LogP) is 4.16. The molecule has 2 atom stereocenters. The van der Waals surface area contributed by atoms with Crippen molar-refractivity contribution in [3.05, 3.63) is 51.8 Å². The van der Waals surface area contributed by atoms with Crippen LogP contribution in [0.2, 0.25) is 5.02 Å². The van der Waals surface area contributed by atoms with Crippen LogP contribution >= 0.6 is 11.6 Å². The average molecular weight is 372 g/mol. The number of hydrogen-bond donors (Lipinski definition) is 1. The summed E-state index contributed by atoms with van der Waals surface area (Å²) in [6, 6.07) is 7.84. The molecule has 0 bridgehead atoms. The van der Waals surface area contributed by atoms with Gasteiger partial charge >= 0.3 is 0 Å². The lowest BCUT2D eigenvalue weighted by molar-refractivity contribution is -0.121. The number of nitrogens with zero attached hydrogens (tertiary/aromatic N) is 2. The number of rotatable bonds is 6. The van der Waals surface area contributed by atoms with E-state index in [1.165, 1.54) is 12.8 Å². The number of nitrogens with one attached hydrogen (secondary N) is 1.